The summed E-state index contributed by atoms with van der Waals surface area (Å²) < 4.78 is 32.4. The molecule has 0 aromatic heterocycles. The van der Waals surface area contributed by atoms with Crippen molar-refractivity contribution in [3.05, 3.63) is 123 Å². The molecule has 7 nitrogen and oxygen atoms in total. The summed E-state index contributed by atoms with van der Waals surface area (Å²) in [5.41, 5.74) is 5.45. The average Bonchev–Trinajstić information content (AvgIpc) is 2.95. The molecule has 0 radical (unpaired) electrons. The fraction of sp³-hybridized carbons (Fsp3) is 0.235. The molecule has 0 saturated heterocycles. The van der Waals surface area contributed by atoms with E-state index < -0.39 is 27.7 Å². The fourth-order valence-electron chi connectivity index (χ4n) is 4.68. The average molecular weight is 676 g/mol. The van der Waals surface area contributed by atoms with E-state index in [2.05, 4.69) is 31.4 Å². The van der Waals surface area contributed by atoms with E-state index in [1.54, 1.807) is 36.4 Å². The van der Waals surface area contributed by atoms with E-state index >= 15 is 0 Å². The summed E-state index contributed by atoms with van der Waals surface area (Å²) >= 11 is 12.4. The molecular weight excluding hydrogens is 642 g/mol. The van der Waals surface area contributed by atoms with Gasteiger partial charge >= 0.3 is 29.6 Å². The molecule has 0 aliphatic heterocycles. The number of carbonyl (C=O) groups excluding carboxylic acids is 2. The van der Waals surface area contributed by atoms with Crippen LogP contribution < -0.4 is 40.2 Å². The third kappa shape index (κ3) is 10.7. The Labute approximate surface area is 296 Å². The number of anilines is 1. The minimum atomic E-state index is -4.42. The van der Waals surface area contributed by atoms with Gasteiger partial charge in [-0.1, -0.05) is 98.6 Å². The molecule has 0 spiro atoms. The molecule has 2 N–H and O–H groups in total. The van der Waals surface area contributed by atoms with E-state index in [-0.39, 0.29) is 47.4 Å². The second kappa shape index (κ2) is 15.7. The van der Waals surface area contributed by atoms with Gasteiger partial charge in [0.2, 0.25) is 5.91 Å². The zero-order chi connectivity index (χ0) is 32.1. The first-order chi connectivity index (χ1) is 20.7. The first-order valence-corrected chi connectivity index (χ1v) is 16.3. The van der Waals surface area contributed by atoms with Gasteiger partial charge in [-0.15, -0.1) is 0 Å². The standard InChI is InChI=1S/C34H34Cl2N2O5S.Na/c1-34(2,3)26-12-8-24(9-13-26)30(20-22-4-6-25(7-5-22)32(39)37-18-19-44(41,42)43)33(40)38-28-15-10-23(11-16-28)29-17-14-27(35)21-31(29)36;/h4-17,21,30H,18-20H2,1-3H3,(H,37,39)(H,38,40)(H,41,42,43);/q;+1/p-1. The van der Waals surface area contributed by atoms with Crippen LogP contribution in [0.5, 0.6) is 0 Å². The number of hydrogen-bond donors (Lipinski definition) is 2. The molecule has 0 bridgehead atoms. The van der Waals surface area contributed by atoms with Gasteiger partial charge in [-0.2, -0.15) is 0 Å². The molecule has 230 valence electrons. The van der Waals surface area contributed by atoms with Gasteiger partial charge < -0.3 is 15.2 Å². The molecule has 1 unspecified atom stereocenters. The van der Waals surface area contributed by atoms with E-state index in [4.69, 9.17) is 23.2 Å². The van der Waals surface area contributed by atoms with Crippen LogP contribution in [-0.2, 0) is 26.7 Å². The zero-order valence-electron chi connectivity index (χ0n) is 25.6. The van der Waals surface area contributed by atoms with Gasteiger partial charge in [0.05, 0.1) is 21.8 Å². The Morgan fingerprint density at radius 3 is 2.04 bits per heavy atom. The van der Waals surface area contributed by atoms with Crippen molar-refractivity contribution in [1.82, 2.24) is 5.32 Å². The van der Waals surface area contributed by atoms with E-state index in [9.17, 15) is 22.6 Å². The summed E-state index contributed by atoms with van der Waals surface area (Å²) in [6.45, 7) is 6.12. The molecule has 45 heavy (non-hydrogen) atoms. The summed E-state index contributed by atoms with van der Waals surface area (Å²) in [6, 6.07) is 27.5. The van der Waals surface area contributed by atoms with Gasteiger partial charge in [0, 0.05) is 33.4 Å². The van der Waals surface area contributed by atoms with E-state index in [1.807, 2.05) is 54.6 Å². The predicted molar refractivity (Wildman–Crippen MR) is 175 cm³/mol. The van der Waals surface area contributed by atoms with Crippen molar-refractivity contribution in [2.75, 3.05) is 17.6 Å². The molecule has 2 amide bonds. The van der Waals surface area contributed by atoms with Gasteiger partial charge in [-0.25, -0.2) is 8.42 Å². The molecule has 4 aromatic carbocycles. The third-order valence-electron chi connectivity index (χ3n) is 7.18. The fourth-order valence-corrected chi connectivity index (χ4v) is 5.55. The van der Waals surface area contributed by atoms with Crippen LogP contribution in [-0.4, -0.2) is 37.1 Å². The zero-order valence-corrected chi connectivity index (χ0v) is 29.9. The Morgan fingerprint density at radius 2 is 1.49 bits per heavy atom. The summed E-state index contributed by atoms with van der Waals surface area (Å²) in [6.07, 6.45) is 0.371. The van der Waals surface area contributed by atoms with Crippen molar-refractivity contribution in [1.29, 1.82) is 0 Å². The van der Waals surface area contributed by atoms with Crippen LogP contribution in [0.2, 0.25) is 10.0 Å². The number of halogens is 2. The van der Waals surface area contributed by atoms with Crippen LogP contribution in [0.1, 0.15) is 53.7 Å². The molecule has 4 rings (SSSR count). The minimum absolute atomic E-state index is 0. The van der Waals surface area contributed by atoms with E-state index in [0.29, 0.717) is 27.7 Å². The van der Waals surface area contributed by atoms with Crippen molar-refractivity contribution < 1.29 is 52.1 Å². The number of amides is 2. The summed E-state index contributed by atoms with van der Waals surface area (Å²) in [7, 11) is -4.42. The smallest absolute Gasteiger partial charge is 0.748 e. The Morgan fingerprint density at radius 1 is 0.867 bits per heavy atom. The van der Waals surface area contributed by atoms with E-state index in [0.717, 1.165) is 27.8 Å². The summed E-state index contributed by atoms with van der Waals surface area (Å²) in [5, 5.41) is 6.56. The Balaban J connectivity index is 0.00000552. The minimum Gasteiger partial charge on any atom is -0.748 e. The summed E-state index contributed by atoms with van der Waals surface area (Å²) in [5.74, 6) is -1.89. The quantitative estimate of drug-likeness (QED) is 0.193. The van der Waals surface area contributed by atoms with Crippen LogP contribution in [0.25, 0.3) is 11.1 Å². The Bertz CT molecular complexity index is 1740. The van der Waals surface area contributed by atoms with Crippen molar-refractivity contribution in [2.45, 2.75) is 38.5 Å². The molecule has 0 heterocycles. The maximum Gasteiger partial charge on any atom is 1.00 e. The molecule has 0 aliphatic rings. The van der Waals surface area contributed by atoms with Crippen molar-refractivity contribution in [3.63, 3.8) is 0 Å². The SMILES string of the molecule is CC(C)(C)c1ccc(C(Cc2ccc(C(=O)NCCS(=O)(=O)[O-])cc2)C(=O)Nc2ccc(-c3ccc(Cl)cc3Cl)cc2)cc1.[Na+]. The van der Waals surface area contributed by atoms with Gasteiger partial charge in [-0.05, 0) is 70.5 Å². The van der Waals surface area contributed by atoms with Gasteiger partial charge in [-0.3, -0.25) is 9.59 Å². The van der Waals surface area contributed by atoms with Crippen molar-refractivity contribution >= 4 is 50.8 Å². The number of carbonyl (C=O) groups is 2. The Kier molecular flexibility index (Phi) is 12.9. The van der Waals surface area contributed by atoms with Crippen molar-refractivity contribution in [2.24, 2.45) is 0 Å². The molecular formula is C34H33Cl2N2NaO5S. The van der Waals surface area contributed by atoms with Crippen LogP contribution in [0.15, 0.2) is 91.0 Å². The molecule has 0 saturated carbocycles. The second-order valence-corrected chi connectivity index (χ2v) is 13.9. The molecule has 0 fully saturated rings. The molecule has 0 aliphatic carbocycles. The monoisotopic (exact) mass is 674 g/mol. The largest absolute Gasteiger partial charge is 1.00 e. The van der Waals surface area contributed by atoms with Crippen LogP contribution >= 0.6 is 23.2 Å². The first-order valence-electron chi connectivity index (χ1n) is 14.0. The first kappa shape index (κ1) is 36.8. The maximum atomic E-state index is 13.7. The topological polar surface area (TPSA) is 115 Å². The van der Waals surface area contributed by atoms with E-state index in [1.165, 1.54) is 0 Å². The normalized spacial score (nSPS) is 12.1. The van der Waals surface area contributed by atoms with Crippen LogP contribution in [0.3, 0.4) is 0 Å². The molecule has 11 heteroatoms. The van der Waals surface area contributed by atoms with Gasteiger partial charge in [0.25, 0.3) is 5.91 Å². The van der Waals surface area contributed by atoms with Gasteiger partial charge in [0.15, 0.2) is 0 Å². The number of hydrogen-bond acceptors (Lipinski definition) is 5. The molecule has 1 atom stereocenters. The number of benzene rings is 4. The number of rotatable bonds is 10. The number of nitrogens with one attached hydrogen (secondary N) is 2. The second-order valence-electron chi connectivity index (χ2n) is 11.5. The van der Waals surface area contributed by atoms with Crippen LogP contribution in [0, 0.1) is 0 Å². The third-order valence-corrected chi connectivity index (χ3v) is 8.44. The molecule has 4 aromatic rings. The predicted octanol–water partition coefficient (Wildman–Crippen LogP) is 4.20. The maximum absolute atomic E-state index is 13.7. The van der Waals surface area contributed by atoms with Gasteiger partial charge in [0.1, 0.15) is 0 Å². The summed E-state index contributed by atoms with van der Waals surface area (Å²) in [4.78, 5) is 26.1. The van der Waals surface area contributed by atoms with Crippen molar-refractivity contribution in [3.8, 4) is 11.1 Å². The van der Waals surface area contributed by atoms with Crippen LogP contribution in [0.4, 0.5) is 5.69 Å². The Hall–Kier alpha value is -2.69.